The molecule has 0 saturated carbocycles. The Bertz CT molecular complexity index is 3360. The van der Waals surface area contributed by atoms with Crippen molar-refractivity contribution < 1.29 is 0 Å². The van der Waals surface area contributed by atoms with E-state index in [1.54, 1.807) is 34.4 Å². The summed E-state index contributed by atoms with van der Waals surface area (Å²) in [6.45, 7) is 6.38. The summed E-state index contributed by atoms with van der Waals surface area (Å²) in [5.41, 5.74) is 16.5. The van der Waals surface area contributed by atoms with E-state index in [-0.39, 0.29) is 6.04 Å². The van der Waals surface area contributed by atoms with Gasteiger partial charge in [-0.2, -0.15) is 20.4 Å². The number of hydrogen-bond donors (Lipinski definition) is 2. The maximum Gasteiger partial charge on any atom is 0.225 e. The largest absolute Gasteiger partial charge is 0.351 e. The molecule has 1 unspecified atom stereocenters. The number of benzene rings is 2. The first-order chi connectivity index (χ1) is 34.3. The molecule has 0 bridgehead atoms. The topological polar surface area (TPSA) is 210 Å². The number of aryl methyl sites for hydroxylation is 2. The average molecular weight is 931 g/mol. The molecule has 12 rings (SSSR count). The van der Waals surface area contributed by atoms with Crippen LogP contribution in [0.15, 0.2) is 147 Å². The quantitative estimate of drug-likeness (QED) is 0.174. The van der Waals surface area contributed by atoms with Gasteiger partial charge in [-0.25, -0.2) is 38.9 Å². The molecule has 3 N–H and O–H groups in total. The summed E-state index contributed by atoms with van der Waals surface area (Å²) >= 11 is 0. The van der Waals surface area contributed by atoms with E-state index in [4.69, 9.17) is 11.1 Å². The van der Waals surface area contributed by atoms with E-state index in [0.717, 1.165) is 120 Å². The lowest BCUT2D eigenvalue weighted by atomic mass is 10.0. The molecular weight excluding hydrogens is 881 g/mol. The van der Waals surface area contributed by atoms with Gasteiger partial charge in [0, 0.05) is 155 Å². The number of nitrogens with one attached hydrogen (secondary N) is 1. The molecule has 0 spiro atoms. The highest BCUT2D eigenvalue weighted by Gasteiger charge is 2.25. The predicted octanol–water partition coefficient (Wildman–Crippen LogP) is 4.96. The summed E-state index contributed by atoms with van der Waals surface area (Å²) in [6, 6.07) is 23.6. The minimum atomic E-state index is -0.235. The van der Waals surface area contributed by atoms with Crippen molar-refractivity contribution in [3.05, 3.63) is 170 Å². The Kier molecular flexibility index (Phi) is 11.8. The Morgan fingerprint density at radius 1 is 0.471 bits per heavy atom. The molecule has 0 aliphatic carbocycles. The van der Waals surface area contributed by atoms with Crippen LogP contribution in [0.1, 0.15) is 28.3 Å². The highest BCUT2D eigenvalue weighted by atomic mass is 15.4. The highest BCUT2D eigenvalue weighted by Crippen LogP contribution is 2.29. The molecule has 2 saturated heterocycles. The van der Waals surface area contributed by atoms with Gasteiger partial charge in [0.15, 0.2) is 11.6 Å². The molecule has 10 aromatic rings. The zero-order valence-electron chi connectivity index (χ0n) is 38.7. The van der Waals surface area contributed by atoms with E-state index in [1.807, 2.05) is 133 Å². The zero-order chi connectivity index (χ0) is 47.6. The first-order valence-electron chi connectivity index (χ1n) is 23.0. The number of piperazine rings is 2. The van der Waals surface area contributed by atoms with Crippen LogP contribution in [0.3, 0.4) is 0 Å². The third-order valence-electron chi connectivity index (χ3n) is 12.7. The van der Waals surface area contributed by atoms with Crippen molar-refractivity contribution in [1.29, 1.82) is 5.41 Å². The zero-order valence-corrected chi connectivity index (χ0v) is 38.7. The maximum absolute atomic E-state index is 8.41. The van der Waals surface area contributed by atoms with E-state index < -0.39 is 0 Å². The SMILES string of the molecule is Cn1cc(-c2cc3c(N4CCN(c5ncc(C(=N)c6ccccc6)cn5)CC4)ncnn3c2)cn1.Cn1cc(-c2cc3c(N4CCN(c5ncc(C(N)c6ccccc6)cn5)CC4)ncnn3c2)cn1. The van der Waals surface area contributed by atoms with E-state index in [2.05, 4.69) is 82.0 Å². The van der Waals surface area contributed by atoms with Gasteiger partial charge in [-0.15, -0.1) is 0 Å². The first kappa shape index (κ1) is 43.6. The lowest BCUT2D eigenvalue weighted by molar-refractivity contribution is 0.632. The van der Waals surface area contributed by atoms with Crippen molar-refractivity contribution in [3.8, 4) is 22.3 Å². The van der Waals surface area contributed by atoms with Gasteiger partial charge in [-0.3, -0.25) is 14.8 Å². The number of anilines is 4. The first-order valence-corrected chi connectivity index (χ1v) is 23.0. The Hall–Kier alpha value is -8.91. The normalized spacial score (nSPS) is 14.5. The number of fused-ring (bicyclic) bond motifs is 2. The van der Waals surface area contributed by atoms with Crippen molar-refractivity contribution in [2.75, 3.05) is 72.0 Å². The second-order valence-electron chi connectivity index (χ2n) is 17.3. The fraction of sp³-hybridized carbons (Fsp3) is 0.220. The minimum Gasteiger partial charge on any atom is -0.351 e. The Morgan fingerprint density at radius 3 is 1.37 bits per heavy atom. The van der Waals surface area contributed by atoms with Crippen LogP contribution in [-0.4, -0.2) is 127 Å². The van der Waals surface area contributed by atoms with Crippen LogP contribution in [-0.2, 0) is 14.1 Å². The van der Waals surface area contributed by atoms with E-state index >= 15 is 0 Å². The monoisotopic (exact) mass is 930 g/mol. The fourth-order valence-electron chi connectivity index (χ4n) is 8.91. The number of aromatic nitrogens is 14. The van der Waals surface area contributed by atoms with E-state index in [9.17, 15) is 0 Å². The number of nitrogens with zero attached hydrogens (tertiary/aromatic N) is 18. The third-order valence-corrected chi connectivity index (χ3v) is 12.7. The molecule has 350 valence electrons. The summed E-state index contributed by atoms with van der Waals surface area (Å²) in [7, 11) is 3.83. The molecule has 0 radical (unpaired) electrons. The van der Waals surface area contributed by atoms with E-state index in [0.29, 0.717) is 17.2 Å². The van der Waals surface area contributed by atoms with Crippen molar-refractivity contribution >= 4 is 40.3 Å². The van der Waals surface area contributed by atoms with Crippen LogP contribution in [0.4, 0.5) is 23.5 Å². The Balaban J connectivity index is 0.000000152. The summed E-state index contributed by atoms with van der Waals surface area (Å²) in [6.07, 6.45) is 22.1. The van der Waals surface area contributed by atoms with Gasteiger partial charge in [-0.05, 0) is 17.7 Å². The molecule has 8 aromatic heterocycles. The van der Waals surface area contributed by atoms with Crippen LogP contribution in [0.25, 0.3) is 33.3 Å². The Labute approximate surface area is 402 Å². The van der Waals surface area contributed by atoms with Gasteiger partial charge in [0.2, 0.25) is 11.9 Å². The van der Waals surface area contributed by atoms with Crippen LogP contribution in [0.2, 0.25) is 0 Å². The van der Waals surface area contributed by atoms with Crippen LogP contribution >= 0.6 is 0 Å². The molecule has 2 fully saturated rings. The van der Waals surface area contributed by atoms with Crippen molar-refractivity contribution in [2.45, 2.75) is 6.04 Å². The number of hydrogen-bond acceptors (Lipinski definition) is 16. The molecule has 10 heterocycles. The van der Waals surface area contributed by atoms with Gasteiger partial charge in [0.05, 0.1) is 24.1 Å². The lowest BCUT2D eigenvalue weighted by Gasteiger charge is -2.35. The molecule has 70 heavy (non-hydrogen) atoms. The van der Waals surface area contributed by atoms with Crippen molar-refractivity contribution in [2.24, 2.45) is 19.8 Å². The van der Waals surface area contributed by atoms with Crippen molar-refractivity contribution in [1.82, 2.24) is 68.7 Å². The molecule has 1 atom stereocenters. The van der Waals surface area contributed by atoms with Gasteiger partial charge < -0.3 is 25.3 Å². The minimum absolute atomic E-state index is 0.235. The average Bonchev–Trinajstić information content (AvgIpc) is 4.26. The smallest absolute Gasteiger partial charge is 0.225 e. The van der Waals surface area contributed by atoms with Gasteiger partial charge >= 0.3 is 0 Å². The molecular formula is C50H50N20. The van der Waals surface area contributed by atoms with Crippen molar-refractivity contribution in [3.63, 3.8) is 0 Å². The highest BCUT2D eigenvalue weighted by molar-refractivity contribution is 6.10. The van der Waals surface area contributed by atoms with Gasteiger partial charge in [0.1, 0.15) is 23.7 Å². The second-order valence-corrected chi connectivity index (χ2v) is 17.3. The number of nitrogens with two attached hydrogens (primary N) is 1. The molecule has 2 aliphatic rings. The van der Waals surface area contributed by atoms with Crippen LogP contribution in [0.5, 0.6) is 0 Å². The van der Waals surface area contributed by atoms with E-state index in [1.165, 1.54) is 0 Å². The summed E-state index contributed by atoms with van der Waals surface area (Å²) in [4.78, 5) is 36.5. The molecule has 20 nitrogen and oxygen atoms in total. The third kappa shape index (κ3) is 8.97. The van der Waals surface area contributed by atoms with Gasteiger partial charge in [-0.1, -0.05) is 60.7 Å². The number of rotatable bonds is 10. The fourth-order valence-corrected chi connectivity index (χ4v) is 8.91. The lowest BCUT2D eigenvalue weighted by Crippen LogP contribution is -2.47. The molecule has 2 aromatic carbocycles. The maximum atomic E-state index is 8.41. The van der Waals surface area contributed by atoms with Gasteiger partial charge in [0.25, 0.3) is 0 Å². The molecule has 2 aliphatic heterocycles. The standard InChI is InChI=1S/C25H26N10.C25H24N10/c2*1-32-15-21(14-30-32)19-11-22-24(29-17-31-35(22)16-19)33-7-9-34(10-8-33)25-27-12-20(13-28-25)23(26)18-5-3-2-4-6-18/h2-6,11-17,23H,7-10,26H2,1H3;2-6,11-17,26H,7-10H2,1H3. The molecule has 0 amide bonds. The van der Waals surface area contributed by atoms with Crippen LogP contribution < -0.4 is 25.3 Å². The summed E-state index contributed by atoms with van der Waals surface area (Å²) < 4.78 is 7.35. The summed E-state index contributed by atoms with van der Waals surface area (Å²) in [5, 5.41) is 25.8. The molecule has 20 heteroatoms. The second kappa shape index (κ2) is 19.0. The summed E-state index contributed by atoms with van der Waals surface area (Å²) in [5.74, 6) is 3.26. The Morgan fingerprint density at radius 2 is 0.914 bits per heavy atom. The predicted molar refractivity (Wildman–Crippen MR) is 268 cm³/mol. The van der Waals surface area contributed by atoms with Crippen LogP contribution in [0, 0.1) is 5.41 Å².